The molecule has 2 aliphatic rings. The highest BCUT2D eigenvalue weighted by Crippen LogP contribution is 2.29. The van der Waals surface area contributed by atoms with E-state index in [1.807, 2.05) is 0 Å². The summed E-state index contributed by atoms with van der Waals surface area (Å²) in [6, 6.07) is 6.85. The first-order valence-corrected chi connectivity index (χ1v) is 8.12. The molecule has 1 aromatic carbocycles. The molecule has 0 radical (unpaired) electrons. The van der Waals surface area contributed by atoms with Gasteiger partial charge in [0.25, 0.3) is 0 Å². The van der Waals surface area contributed by atoms with E-state index >= 15 is 0 Å². The average Bonchev–Trinajstić information content (AvgIpc) is 2.96. The Morgan fingerprint density at radius 2 is 2.04 bits per heavy atom. The third-order valence-electron chi connectivity index (χ3n) is 4.86. The molecule has 0 aromatic heterocycles. The molecule has 1 aromatic rings. The largest absolute Gasteiger partial charge is 0.387 e. The van der Waals surface area contributed by atoms with Crippen molar-refractivity contribution in [1.82, 2.24) is 10.6 Å². The summed E-state index contributed by atoms with van der Waals surface area (Å²) in [4.78, 5) is 0. The molecule has 6 heteroatoms. The Morgan fingerprint density at radius 3 is 2.74 bits per heavy atom. The Bertz CT molecular complexity index is 472. The molecule has 0 bridgehead atoms. The van der Waals surface area contributed by atoms with Crippen LogP contribution in [-0.2, 0) is 0 Å². The highest BCUT2D eigenvalue weighted by molar-refractivity contribution is 5.85. The zero-order valence-corrected chi connectivity index (χ0v) is 14.8. The molecule has 2 saturated heterocycles. The Labute approximate surface area is 150 Å². The summed E-state index contributed by atoms with van der Waals surface area (Å²) in [5.74, 6) is 0.468. The van der Waals surface area contributed by atoms with Crippen molar-refractivity contribution in [3.63, 3.8) is 0 Å². The molecule has 0 amide bonds. The van der Waals surface area contributed by atoms with E-state index in [-0.39, 0.29) is 36.7 Å². The van der Waals surface area contributed by atoms with Crippen molar-refractivity contribution in [1.29, 1.82) is 0 Å². The van der Waals surface area contributed by atoms with Crippen molar-refractivity contribution in [2.45, 2.75) is 50.3 Å². The molecule has 2 fully saturated rings. The normalized spacial score (nSPS) is 28.5. The zero-order valence-electron chi connectivity index (χ0n) is 13.2. The van der Waals surface area contributed by atoms with Gasteiger partial charge < -0.3 is 15.7 Å². The summed E-state index contributed by atoms with van der Waals surface area (Å²) in [5.41, 5.74) is 0.674. The second-order valence-corrected chi connectivity index (χ2v) is 6.50. The van der Waals surface area contributed by atoms with Crippen LogP contribution in [0.5, 0.6) is 0 Å². The van der Waals surface area contributed by atoms with Crippen molar-refractivity contribution in [3.8, 4) is 0 Å². The number of rotatable bonds is 4. The average molecular weight is 365 g/mol. The maximum atomic E-state index is 13.3. The molecule has 23 heavy (non-hydrogen) atoms. The van der Waals surface area contributed by atoms with Crippen molar-refractivity contribution in [2.24, 2.45) is 5.92 Å². The first kappa shape index (κ1) is 20.7. The predicted molar refractivity (Wildman–Crippen MR) is 96.0 cm³/mol. The Morgan fingerprint density at radius 1 is 1.22 bits per heavy atom. The molecule has 3 N–H and O–H groups in total. The van der Waals surface area contributed by atoms with Crippen molar-refractivity contribution in [2.75, 3.05) is 13.1 Å². The Balaban J connectivity index is 0.00000132. The lowest BCUT2D eigenvalue weighted by Gasteiger charge is -2.26. The first-order chi connectivity index (χ1) is 10.2. The van der Waals surface area contributed by atoms with E-state index in [0.717, 1.165) is 31.8 Å². The first-order valence-electron chi connectivity index (χ1n) is 8.12. The zero-order chi connectivity index (χ0) is 14.7. The quantitative estimate of drug-likeness (QED) is 0.768. The molecule has 132 valence electrons. The molecule has 0 unspecified atom stereocenters. The van der Waals surface area contributed by atoms with E-state index in [0.29, 0.717) is 11.6 Å². The Kier molecular flexibility index (Phi) is 8.80. The maximum absolute atomic E-state index is 13.3. The van der Waals surface area contributed by atoms with Crippen LogP contribution in [0, 0.1) is 11.7 Å². The number of aliphatic hydroxyl groups is 1. The fraction of sp³-hybridized carbons (Fsp3) is 0.647. The molecule has 0 saturated carbocycles. The second-order valence-electron chi connectivity index (χ2n) is 6.50. The van der Waals surface area contributed by atoms with Gasteiger partial charge in [-0.3, -0.25) is 0 Å². The van der Waals surface area contributed by atoms with Gasteiger partial charge in [0.2, 0.25) is 0 Å². The summed E-state index contributed by atoms with van der Waals surface area (Å²) >= 11 is 0. The Hall–Kier alpha value is -0.390. The fourth-order valence-corrected chi connectivity index (χ4v) is 3.74. The lowest BCUT2D eigenvalue weighted by atomic mass is 9.92. The number of piperidine rings is 1. The third kappa shape index (κ3) is 5.57. The summed E-state index contributed by atoms with van der Waals surface area (Å²) in [5, 5.41) is 17.4. The van der Waals surface area contributed by atoms with Gasteiger partial charge in [-0.2, -0.15) is 0 Å². The second kappa shape index (κ2) is 9.80. The molecule has 0 aliphatic carbocycles. The summed E-state index contributed by atoms with van der Waals surface area (Å²) in [6.45, 7) is 2.27. The van der Waals surface area contributed by atoms with E-state index in [1.54, 1.807) is 12.1 Å². The van der Waals surface area contributed by atoms with Crippen LogP contribution in [0.25, 0.3) is 0 Å². The highest BCUT2D eigenvalue weighted by atomic mass is 35.5. The molecule has 0 spiro atoms. The minimum atomic E-state index is -0.616. The molecule has 2 aliphatic heterocycles. The lowest BCUT2D eigenvalue weighted by molar-refractivity contribution is 0.133. The molecule has 3 nitrogen and oxygen atoms in total. The number of hydrogen-bond acceptors (Lipinski definition) is 3. The summed E-state index contributed by atoms with van der Waals surface area (Å²) in [6.07, 6.45) is 5.21. The van der Waals surface area contributed by atoms with Crippen LogP contribution in [0.1, 0.15) is 43.8 Å². The lowest BCUT2D eigenvalue weighted by Crippen LogP contribution is -2.38. The van der Waals surface area contributed by atoms with Crippen LogP contribution in [0.3, 0.4) is 0 Å². The molecular weight excluding hydrogens is 338 g/mol. The van der Waals surface area contributed by atoms with Crippen LogP contribution >= 0.6 is 24.8 Å². The van der Waals surface area contributed by atoms with E-state index < -0.39 is 6.10 Å². The minimum Gasteiger partial charge on any atom is -0.387 e. The number of hydrogen-bond donors (Lipinski definition) is 3. The van der Waals surface area contributed by atoms with E-state index in [4.69, 9.17) is 0 Å². The predicted octanol–water partition coefficient (Wildman–Crippen LogP) is 3.21. The van der Waals surface area contributed by atoms with Gasteiger partial charge >= 0.3 is 0 Å². The van der Waals surface area contributed by atoms with Gasteiger partial charge in [-0.1, -0.05) is 12.1 Å². The van der Waals surface area contributed by atoms with E-state index in [9.17, 15) is 9.50 Å². The fourth-order valence-electron chi connectivity index (χ4n) is 3.74. The van der Waals surface area contributed by atoms with Crippen molar-refractivity contribution >= 4 is 24.8 Å². The van der Waals surface area contributed by atoms with Gasteiger partial charge in [-0.05, 0) is 68.8 Å². The summed E-state index contributed by atoms with van der Waals surface area (Å²) < 4.78 is 13.3. The molecular formula is C17H27Cl2FN2O. The topological polar surface area (TPSA) is 44.3 Å². The summed E-state index contributed by atoms with van der Waals surface area (Å²) in [7, 11) is 0. The van der Waals surface area contributed by atoms with E-state index in [1.165, 1.54) is 31.4 Å². The maximum Gasteiger partial charge on any atom is 0.123 e. The van der Waals surface area contributed by atoms with Gasteiger partial charge in [0, 0.05) is 12.1 Å². The van der Waals surface area contributed by atoms with Crippen molar-refractivity contribution < 1.29 is 9.50 Å². The van der Waals surface area contributed by atoms with Crippen molar-refractivity contribution in [3.05, 3.63) is 35.6 Å². The highest BCUT2D eigenvalue weighted by Gasteiger charge is 2.31. The monoisotopic (exact) mass is 364 g/mol. The van der Waals surface area contributed by atoms with Crippen LogP contribution in [0.2, 0.25) is 0 Å². The van der Waals surface area contributed by atoms with Crippen LogP contribution < -0.4 is 10.6 Å². The smallest absolute Gasteiger partial charge is 0.123 e. The molecule has 4 atom stereocenters. The van der Waals surface area contributed by atoms with Gasteiger partial charge in [0.05, 0.1) is 6.10 Å². The molecule has 2 heterocycles. The van der Waals surface area contributed by atoms with Gasteiger partial charge in [-0.25, -0.2) is 4.39 Å². The van der Waals surface area contributed by atoms with Crippen LogP contribution in [0.15, 0.2) is 24.3 Å². The van der Waals surface area contributed by atoms with Gasteiger partial charge in [0.1, 0.15) is 5.82 Å². The number of nitrogens with one attached hydrogen (secondary N) is 2. The van der Waals surface area contributed by atoms with Crippen LogP contribution in [0.4, 0.5) is 4.39 Å². The van der Waals surface area contributed by atoms with Gasteiger partial charge in [-0.15, -0.1) is 24.8 Å². The SMILES string of the molecule is Cl.Cl.O[C@@H](c1cccc(F)c1)[C@H]1CC[C@@H](C[C@H]2CCCNC2)N1. The molecule has 3 rings (SSSR count). The standard InChI is InChI=1S/C17H25FN2O.2ClH/c18-14-5-1-4-13(10-14)17(21)16-7-6-15(20-16)9-12-3-2-8-19-11-12;;/h1,4-5,10,12,15-17,19-21H,2-3,6-9,11H2;2*1H/t12-,15+,16-,17+;;/m1../s1. The number of aliphatic hydroxyl groups excluding tert-OH is 1. The minimum absolute atomic E-state index is 0. The number of halogens is 3. The van der Waals surface area contributed by atoms with E-state index in [2.05, 4.69) is 10.6 Å². The third-order valence-corrected chi connectivity index (χ3v) is 4.86. The number of benzene rings is 1. The van der Waals surface area contributed by atoms with Gasteiger partial charge in [0.15, 0.2) is 0 Å². The van der Waals surface area contributed by atoms with Crippen LogP contribution in [-0.4, -0.2) is 30.3 Å².